The van der Waals surface area contributed by atoms with E-state index in [1.807, 2.05) is 89.8 Å². The van der Waals surface area contributed by atoms with Crippen LogP contribution in [0.3, 0.4) is 0 Å². The number of hydrogen-bond acceptors (Lipinski definition) is 5. The van der Waals surface area contributed by atoms with E-state index in [2.05, 4.69) is 6.08 Å². The molecule has 0 aliphatic carbocycles. The van der Waals surface area contributed by atoms with Crippen LogP contribution in [0.15, 0.2) is 109 Å². The predicted molar refractivity (Wildman–Crippen MR) is 141 cm³/mol. The summed E-state index contributed by atoms with van der Waals surface area (Å²) in [6, 6.07) is 33.6. The number of hydrogen-bond donors (Lipinski definition) is 1. The summed E-state index contributed by atoms with van der Waals surface area (Å²) in [5.41, 5.74) is 2.76. The smallest absolute Gasteiger partial charge is 0.345 e. The number of ether oxygens (including phenoxy) is 2. The molecule has 5 nitrogen and oxygen atoms in total. The monoisotopic (exact) mass is 477 g/mol. The summed E-state index contributed by atoms with van der Waals surface area (Å²) in [5.74, 6) is -0.123. The van der Waals surface area contributed by atoms with Gasteiger partial charge in [0.05, 0.1) is 14.2 Å². The topological polar surface area (TPSA) is 59.0 Å². The average molecular weight is 478 g/mol. The third-order valence-electron chi connectivity index (χ3n) is 6.63. The fourth-order valence-electron chi connectivity index (χ4n) is 4.89. The Kier molecular flexibility index (Phi) is 6.32. The highest BCUT2D eigenvalue weighted by Gasteiger charge is 2.53. The molecule has 0 bridgehead atoms. The van der Waals surface area contributed by atoms with Crippen LogP contribution in [-0.2, 0) is 15.1 Å². The van der Waals surface area contributed by atoms with Crippen LogP contribution in [-0.4, -0.2) is 25.3 Å². The highest BCUT2D eigenvalue weighted by Crippen LogP contribution is 2.50. The zero-order valence-electron chi connectivity index (χ0n) is 20.2. The quantitative estimate of drug-likeness (QED) is 0.355. The summed E-state index contributed by atoms with van der Waals surface area (Å²) in [7, 11) is 2.87. The van der Waals surface area contributed by atoms with Crippen molar-refractivity contribution in [3.63, 3.8) is 0 Å². The number of esters is 1. The number of rotatable bonds is 6. The molecule has 2 unspecified atom stereocenters. The lowest BCUT2D eigenvalue weighted by Crippen LogP contribution is -2.50. The van der Waals surface area contributed by atoms with Crippen LogP contribution in [0, 0.1) is 0 Å². The van der Waals surface area contributed by atoms with E-state index in [4.69, 9.17) is 9.47 Å². The molecule has 0 saturated heterocycles. The molecule has 0 fully saturated rings. The summed E-state index contributed by atoms with van der Waals surface area (Å²) < 4.78 is 10.6. The third-order valence-corrected chi connectivity index (χ3v) is 6.63. The van der Waals surface area contributed by atoms with E-state index in [1.165, 1.54) is 7.11 Å². The molecule has 5 rings (SSSR count). The van der Waals surface area contributed by atoms with E-state index in [1.54, 1.807) is 31.4 Å². The lowest BCUT2D eigenvalue weighted by atomic mass is 9.77. The Morgan fingerprint density at radius 3 is 2.06 bits per heavy atom. The Morgan fingerprint density at radius 2 is 1.42 bits per heavy atom. The molecule has 0 saturated carbocycles. The first-order valence-electron chi connectivity index (χ1n) is 11.7. The van der Waals surface area contributed by atoms with Crippen LogP contribution in [0.25, 0.3) is 11.8 Å². The van der Waals surface area contributed by atoms with Crippen molar-refractivity contribution in [2.45, 2.75) is 11.6 Å². The van der Waals surface area contributed by atoms with Crippen LogP contribution in [0.4, 0.5) is 5.69 Å². The van der Waals surface area contributed by atoms with Crippen molar-refractivity contribution < 1.29 is 19.4 Å². The predicted octanol–water partition coefficient (Wildman–Crippen LogP) is 5.82. The second-order valence-corrected chi connectivity index (χ2v) is 8.62. The third kappa shape index (κ3) is 3.93. The first-order chi connectivity index (χ1) is 17.6. The maximum absolute atomic E-state index is 13.6. The van der Waals surface area contributed by atoms with Crippen molar-refractivity contribution in [1.29, 1.82) is 0 Å². The van der Waals surface area contributed by atoms with Gasteiger partial charge in [-0.05, 0) is 52.6 Å². The minimum absolute atomic E-state index is 0.408. The molecule has 1 heterocycles. The number of para-hydroxylation sites is 1. The van der Waals surface area contributed by atoms with Gasteiger partial charge >= 0.3 is 5.97 Å². The second kappa shape index (κ2) is 9.72. The van der Waals surface area contributed by atoms with Gasteiger partial charge < -0.3 is 19.5 Å². The molecule has 4 aromatic carbocycles. The van der Waals surface area contributed by atoms with Gasteiger partial charge in [-0.2, -0.15) is 0 Å². The van der Waals surface area contributed by atoms with Crippen LogP contribution in [0.2, 0.25) is 0 Å². The number of aliphatic hydroxyl groups is 1. The molecular weight excluding hydrogens is 450 g/mol. The minimum Gasteiger partial charge on any atom is -0.497 e. The second-order valence-electron chi connectivity index (χ2n) is 8.62. The zero-order chi connectivity index (χ0) is 25.1. The van der Waals surface area contributed by atoms with E-state index in [-0.39, 0.29) is 0 Å². The summed E-state index contributed by atoms with van der Waals surface area (Å²) in [4.78, 5) is 15.6. The van der Waals surface area contributed by atoms with Crippen molar-refractivity contribution >= 4 is 23.4 Å². The largest absolute Gasteiger partial charge is 0.497 e. The Morgan fingerprint density at radius 1 is 0.806 bits per heavy atom. The summed E-state index contributed by atoms with van der Waals surface area (Å²) in [6.45, 7) is 0. The number of nitrogens with zero attached hydrogens (tertiary/aromatic N) is 1. The fraction of sp³-hybridized carbons (Fsp3) is 0.129. The van der Waals surface area contributed by atoms with E-state index in [0.29, 0.717) is 11.3 Å². The summed E-state index contributed by atoms with van der Waals surface area (Å²) in [5, 5.41) is 12.5. The van der Waals surface area contributed by atoms with E-state index >= 15 is 0 Å². The van der Waals surface area contributed by atoms with Crippen molar-refractivity contribution in [2.75, 3.05) is 19.1 Å². The minimum atomic E-state index is -2.04. The Labute approximate surface area is 210 Å². The zero-order valence-corrected chi connectivity index (χ0v) is 20.2. The molecule has 1 N–H and O–H groups in total. The Hall–Kier alpha value is -4.35. The first-order valence-corrected chi connectivity index (χ1v) is 11.7. The van der Waals surface area contributed by atoms with Crippen molar-refractivity contribution in [1.82, 2.24) is 0 Å². The van der Waals surface area contributed by atoms with Gasteiger partial charge in [0, 0.05) is 11.4 Å². The number of fused-ring (bicyclic) bond motifs is 1. The van der Waals surface area contributed by atoms with Gasteiger partial charge in [-0.1, -0.05) is 84.9 Å². The highest BCUT2D eigenvalue weighted by atomic mass is 16.5. The van der Waals surface area contributed by atoms with Crippen LogP contribution < -0.4 is 9.64 Å². The molecule has 0 spiro atoms. The van der Waals surface area contributed by atoms with Gasteiger partial charge in [0.15, 0.2) is 0 Å². The number of carbonyl (C=O) groups is 1. The first kappa shape index (κ1) is 23.4. The molecule has 0 radical (unpaired) electrons. The van der Waals surface area contributed by atoms with E-state index < -0.39 is 17.6 Å². The van der Waals surface area contributed by atoms with Crippen molar-refractivity contribution in [3.8, 4) is 5.75 Å². The Bertz CT molecular complexity index is 1380. The van der Waals surface area contributed by atoms with Crippen LogP contribution in [0.1, 0.15) is 28.3 Å². The van der Waals surface area contributed by atoms with Gasteiger partial charge in [-0.3, -0.25) is 0 Å². The highest BCUT2D eigenvalue weighted by molar-refractivity contribution is 5.96. The average Bonchev–Trinajstić information content (AvgIpc) is 2.96. The van der Waals surface area contributed by atoms with Crippen molar-refractivity contribution in [3.05, 3.63) is 131 Å². The Balaban J connectivity index is 1.82. The fourth-order valence-corrected chi connectivity index (χ4v) is 4.89. The lowest BCUT2D eigenvalue weighted by molar-refractivity contribution is -0.166. The van der Waals surface area contributed by atoms with Gasteiger partial charge in [-0.15, -0.1) is 0 Å². The number of methoxy groups -OCH3 is 2. The molecule has 1 aliphatic heterocycles. The maximum atomic E-state index is 13.6. The standard InChI is InChI=1S/C31H27NO4/c1-35-26-19-17-24(18-20-26)31(34,30(33)36-2)29-27-16-10-9-13-23(27)21-28(22-11-5-3-6-12-22)32(29)25-14-7-4-8-15-25/h3-21,29,34H,1-2H3. The van der Waals surface area contributed by atoms with E-state index in [9.17, 15) is 9.90 Å². The summed E-state index contributed by atoms with van der Waals surface area (Å²) >= 11 is 0. The molecule has 36 heavy (non-hydrogen) atoms. The van der Waals surface area contributed by atoms with Crippen LogP contribution >= 0.6 is 0 Å². The molecule has 2 atom stereocenters. The number of carbonyl (C=O) groups excluding carboxylic acids is 1. The van der Waals surface area contributed by atoms with Crippen LogP contribution in [0.5, 0.6) is 5.75 Å². The molecule has 1 aliphatic rings. The molecule has 4 aromatic rings. The van der Waals surface area contributed by atoms with Gasteiger partial charge in [-0.25, -0.2) is 4.79 Å². The molecule has 180 valence electrons. The number of anilines is 1. The summed E-state index contributed by atoms with van der Waals surface area (Å²) in [6.07, 6.45) is 2.10. The van der Waals surface area contributed by atoms with Crippen molar-refractivity contribution in [2.24, 2.45) is 0 Å². The normalized spacial score (nSPS) is 16.4. The van der Waals surface area contributed by atoms with Gasteiger partial charge in [0.1, 0.15) is 11.8 Å². The van der Waals surface area contributed by atoms with E-state index in [0.717, 1.165) is 28.1 Å². The van der Waals surface area contributed by atoms with Gasteiger partial charge in [0.25, 0.3) is 0 Å². The lowest BCUT2D eigenvalue weighted by Gasteiger charge is -2.46. The SMILES string of the molecule is COC(=O)C(O)(c1ccc(OC)cc1)C1c2ccccc2C=C(c2ccccc2)N1c1ccccc1. The molecule has 5 heteroatoms. The van der Waals surface area contributed by atoms with Gasteiger partial charge in [0.2, 0.25) is 5.60 Å². The maximum Gasteiger partial charge on any atom is 0.345 e. The number of benzene rings is 4. The molecule has 0 aromatic heterocycles. The molecule has 0 amide bonds. The molecular formula is C31H27NO4.